The summed E-state index contributed by atoms with van der Waals surface area (Å²) in [5.74, 6) is 0.256. The Morgan fingerprint density at radius 2 is 1.85 bits per heavy atom. The van der Waals surface area contributed by atoms with E-state index in [4.69, 9.17) is 28.9 Å². The van der Waals surface area contributed by atoms with Gasteiger partial charge < -0.3 is 5.73 Å². The lowest BCUT2D eigenvalue weighted by Gasteiger charge is -2.19. The average molecular weight is 308 g/mol. The van der Waals surface area contributed by atoms with Crippen LogP contribution in [0.3, 0.4) is 0 Å². The van der Waals surface area contributed by atoms with E-state index in [1.807, 2.05) is 18.2 Å². The highest BCUT2D eigenvalue weighted by atomic mass is 35.5. The van der Waals surface area contributed by atoms with Crippen LogP contribution in [0.25, 0.3) is 0 Å². The van der Waals surface area contributed by atoms with Crippen molar-refractivity contribution in [3.63, 3.8) is 0 Å². The average Bonchev–Trinajstić information content (AvgIpc) is 2.41. The van der Waals surface area contributed by atoms with Crippen molar-refractivity contribution in [2.24, 2.45) is 5.73 Å². The van der Waals surface area contributed by atoms with E-state index in [2.05, 4.69) is 32.0 Å². The molecule has 106 valence electrons. The molecule has 0 spiro atoms. The maximum Gasteiger partial charge on any atom is 0.0624 e. The third-order valence-electron chi connectivity index (χ3n) is 3.65. The van der Waals surface area contributed by atoms with Crippen molar-refractivity contribution in [3.8, 4) is 0 Å². The van der Waals surface area contributed by atoms with E-state index in [9.17, 15) is 0 Å². The van der Waals surface area contributed by atoms with Crippen LogP contribution in [0.4, 0.5) is 0 Å². The van der Waals surface area contributed by atoms with E-state index >= 15 is 0 Å². The van der Waals surface area contributed by atoms with Crippen molar-refractivity contribution in [3.05, 3.63) is 68.7 Å². The Balaban J connectivity index is 2.31. The van der Waals surface area contributed by atoms with Crippen LogP contribution in [0, 0.1) is 13.8 Å². The van der Waals surface area contributed by atoms with Crippen LogP contribution >= 0.6 is 23.2 Å². The molecule has 0 aliphatic heterocycles. The molecule has 0 aliphatic rings. The van der Waals surface area contributed by atoms with Crippen LogP contribution in [0.15, 0.2) is 36.4 Å². The van der Waals surface area contributed by atoms with Crippen molar-refractivity contribution in [2.45, 2.75) is 26.2 Å². The highest BCUT2D eigenvalue weighted by Crippen LogP contribution is 2.31. The number of aryl methyl sites for hydroxylation is 2. The molecule has 2 N–H and O–H groups in total. The van der Waals surface area contributed by atoms with Gasteiger partial charge in [0.25, 0.3) is 0 Å². The van der Waals surface area contributed by atoms with Crippen LogP contribution in [-0.4, -0.2) is 6.54 Å². The number of hydrogen-bond acceptors (Lipinski definition) is 1. The standard InChI is InChI=1S/C17H19Cl2N/c1-11-6-7-15(12(2)8-11)14(10-20)9-13-4-3-5-16(18)17(13)19/h3-8,14H,9-10,20H2,1-2H3. The van der Waals surface area contributed by atoms with Crippen molar-refractivity contribution in [1.82, 2.24) is 0 Å². The van der Waals surface area contributed by atoms with E-state index in [1.54, 1.807) is 0 Å². The molecule has 1 unspecified atom stereocenters. The second-order valence-electron chi connectivity index (χ2n) is 5.21. The summed E-state index contributed by atoms with van der Waals surface area (Å²) >= 11 is 12.3. The molecule has 0 bridgehead atoms. The highest BCUT2D eigenvalue weighted by molar-refractivity contribution is 6.42. The lowest BCUT2D eigenvalue weighted by Crippen LogP contribution is -2.16. The van der Waals surface area contributed by atoms with Crippen molar-refractivity contribution >= 4 is 23.2 Å². The summed E-state index contributed by atoms with van der Waals surface area (Å²) in [5, 5.41) is 1.23. The van der Waals surface area contributed by atoms with Gasteiger partial charge in [0, 0.05) is 5.92 Å². The Hall–Kier alpha value is -1.02. The first-order chi connectivity index (χ1) is 9.52. The maximum absolute atomic E-state index is 6.27. The predicted octanol–water partition coefficient (Wildman–Crippen LogP) is 4.90. The minimum Gasteiger partial charge on any atom is -0.330 e. The minimum absolute atomic E-state index is 0.256. The molecule has 0 heterocycles. The Kier molecular flexibility index (Phi) is 5.09. The first-order valence-corrected chi connectivity index (χ1v) is 7.48. The van der Waals surface area contributed by atoms with Gasteiger partial charge in [-0.25, -0.2) is 0 Å². The third kappa shape index (κ3) is 3.35. The number of benzene rings is 2. The topological polar surface area (TPSA) is 26.0 Å². The summed E-state index contributed by atoms with van der Waals surface area (Å²) in [6.07, 6.45) is 0.805. The zero-order chi connectivity index (χ0) is 14.7. The highest BCUT2D eigenvalue weighted by Gasteiger charge is 2.15. The fourth-order valence-corrected chi connectivity index (χ4v) is 2.97. The maximum atomic E-state index is 6.27. The summed E-state index contributed by atoms with van der Waals surface area (Å²) in [4.78, 5) is 0. The molecule has 1 atom stereocenters. The zero-order valence-corrected chi connectivity index (χ0v) is 13.3. The number of nitrogens with two attached hydrogens (primary N) is 1. The van der Waals surface area contributed by atoms with Gasteiger partial charge in [-0.05, 0) is 49.6 Å². The molecule has 20 heavy (non-hydrogen) atoms. The van der Waals surface area contributed by atoms with Crippen LogP contribution < -0.4 is 5.73 Å². The molecule has 2 aromatic carbocycles. The van der Waals surface area contributed by atoms with Crippen LogP contribution in [0.5, 0.6) is 0 Å². The van der Waals surface area contributed by atoms with Gasteiger partial charge in [-0.1, -0.05) is 59.1 Å². The lowest BCUT2D eigenvalue weighted by molar-refractivity contribution is 0.690. The SMILES string of the molecule is Cc1ccc(C(CN)Cc2cccc(Cl)c2Cl)c(C)c1. The van der Waals surface area contributed by atoms with E-state index in [-0.39, 0.29) is 5.92 Å². The van der Waals surface area contributed by atoms with Gasteiger partial charge in [0.2, 0.25) is 0 Å². The Bertz CT molecular complexity index is 608. The molecule has 0 aromatic heterocycles. The fourth-order valence-electron chi connectivity index (χ4n) is 2.58. The van der Waals surface area contributed by atoms with Crippen molar-refractivity contribution in [1.29, 1.82) is 0 Å². The largest absolute Gasteiger partial charge is 0.330 e. The smallest absolute Gasteiger partial charge is 0.0624 e. The first-order valence-electron chi connectivity index (χ1n) is 6.73. The van der Waals surface area contributed by atoms with Crippen LogP contribution in [0.2, 0.25) is 10.0 Å². The summed E-state index contributed by atoms with van der Waals surface area (Å²) < 4.78 is 0. The molecule has 0 radical (unpaired) electrons. The van der Waals surface area contributed by atoms with E-state index in [1.165, 1.54) is 16.7 Å². The summed E-state index contributed by atoms with van der Waals surface area (Å²) in [7, 11) is 0. The quantitative estimate of drug-likeness (QED) is 0.854. The second kappa shape index (κ2) is 6.62. The van der Waals surface area contributed by atoms with Gasteiger partial charge in [-0.15, -0.1) is 0 Å². The molecule has 3 heteroatoms. The summed E-state index contributed by atoms with van der Waals surface area (Å²) in [5.41, 5.74) is 10.9. The monoisotopic (exact) mass is 307 g/mol. The Labute approximate surface area is 130 Å². The van der Waals surface area contributed by atoms with Crippen molar-refractivity contribution < 1.29 is 0 Å². The molecule has 0 saturated heterocycles. The van der Waals surface area contributed by atoms with Crippen molar-refractivity contribution in [2.75, 3.05) is 6.54 Å². The molecule has 1 nitrogen and oxygen atoms in total. The third-order valence-corrected chi connectivity index (χ3v) is 4.51. The predicted molar refractivity (Wildman–Crippen MR) is 87.9 cm³/mol. The fraction of sp³-hybridized carbons (Fsp3) is 0.294. The number of hydrogen-bond donors (Lipinski definition) is 1. The minimum atomic E-state index is 0.256. The number of rotatable bonds is 4. The molecule has 0 amide bonds. The first kappa shape index (κ1) is 15.4. The Morgan fingerprint density at radius 3 is 2.50 bits per heavy atom. The van der Waals surface area contributed by atoms with Gasteiger partial charge in [0.05, 0.1) is 10.0 Å². The number of halogens is 2. The van der Waals surface area contributed by atoms with Gasteiger partial charge in [0.1, 0.15) is 0 Å². The summed E-state index contributed by atoms with van der Waals surface area (Å²) in [6.45, 7) is 4.82. The van der Waals surface area contributed by atoms with E-state index in [0.717, 1.165) is 12.0 Å². The molecule has 0 saturated carbocycles. The van der Waals surface area contributed by atoms with Gasteiger partial charge in [-0.2, -0.15) is 0 Å². The molecule has 2 aromatic rings. The normalized spacial score (nSPS) is 12.4. The van der Waals surface area contributed by atoms with Crippen LogP contribution in [0.1, 0.15) is 28.2 Å². The lowest BCUT2D eigenvalue weighted by atomic mass is 9.88. The second-order valence-corrected chi connectivity index (χ2v) is 5.99. The van der Waals surface area contributed by atoms with Gasteiger partial charge in [-0.3, -0.25) is 0 Å². The molecule has 0 aliphatic carbocycles. The molecule has 2 rings (SSSR count). The van der Waals surface area contributed by atoms with Gasteiger partial charge >= 0.3 is 0 Å². The van der Waals surface area contributed by atoms with Gasteiger partial charge in [0.15, 0.2) is 0 Å². The van der Waals surface area contributed by atoms with E-state index < -0.39 is 0 Å². The summed E-state index contributed by atoms with van der Waals surface area (Å²) in [6, 6.07) is 12.2. The van der Waals surface area contributed by atoms with Crippen LogP contribution in [-0.2, 0) is 6.42 Å². The Morgan fingerprint density at radius 1 is 1.10 bits per heavy atom. The van der Waals surface area contributed by atoms with E-state index in [0.29, 0.717) is 16.6 Å². The molecule has 0 fully saturated rings. The zero-order valence-electron chi connectivity index (χ0n) is 11.8. The molecular formula is C17H19Cl2N. The molecular weight excluding hydrogens is 289 g/mol.